The highest BCUT2D eigenvalue weighted by Crippen LogP contribution is 2.54. The van der Waals surface area contributed by atoms with E-state index in [9.17, 15) is 106 Å². The van der Waals surface area contributed by atoms with E-state index in [1.165, 1.54) is 70.3 Å². The van der Waals surface area contributed by atoms with Crippen molar-refractivity contribution in [3.05, 3.63) is 254 Å². The molecular formula is C91H79Cl4F11N24O12. The van der Waals surface area contributed by atoms with E-state index in [4.69, 9.17) is 46.4 Å². The monoisotopic (exact) mass is 2050 g/mol. The Bertz CT molecular complexity index is 7160. The van der Waals surface area contributed by atoms with Crippen LogP contribution in [0.3, 0.4) is 0 Å². The van der Waals surface area contributed by atoms with Gasteiger partial charge in [0.05, 0.1) is 94.9 Å². The van der Waals surface area contributed by atoms with E-state index in [1.807, 2.05) is 0 Å². The molecule has 36 nitrogen and oxygen atoms in total. The quantitative estimate of drug-likeness (QED) is 0.0136. The number of benzene rings is 4. The summed E-state index contributed by atoms with van der Waals surface area (Å²) in [6, 6.07) is 15.4. The molecule has 12 N–H and O–H groups in total. The predicted molar refractivity (Wildman–Crippen MR) is 482 cm³/mol. The third-order valence-corrected chi connectivity index (χ3v) is 27.4. The summed E-state index contributed by atoms with van der Waals surface area (Å²) in [5.41, 5.74) is -1.42. The number of Topliss-reactive ketones (excluding diaryl/α,β-unsaturated/α-hetero) is 4. The van der Waals surface area contributed by atoms with Gasteiger partial charge in [0.25, 0.3) is 95.1 Å². The Balaban J connectivity index is 0.000000130. The predicted octanol–water partition coefficient (Wildman–Crippen LogP) is 14.3. The van der Waals surface area contributed by atoms with Gasteiger partial charge in [-0.25, -0.2) is 48.3 Å². The van der Waals surface area contributed by atoms with Gasteiger partial charge in [-0.2, -0.15) is 61.6 Å². The minimum absolute atomic E-state index is 0.00712. The average Bonchev–Trinajstić information content (AvgIpc) is 0.884. The number of rotatable bonds is 26. The number of H-pyrrole nitrogens is 4. The lowest BCUT2D eigenvalue weighted by Crippen LogP contribution is -2.61. The lowest BCUT2D eigenvalue weighted by Gasteiger charge is -2.46. The molecular weight excluding hydrogens is 1970 g/mol. The zero-order chi connectivity index (χ0) is 101. The zero-order valence-electron chi connectivity index (χ0n) is 74.5. The van der Waals surface area contributed by atoms with Crippen molar-refractivity contribution in [3.63, 3.8) is 0 Å². The van der Waals surface area contributed by atoms with Gasteiger partial charge in [-0.1, -0.05) is 64.6 Å². The fraction of sp³-hybridized carbons (Fsp3) is 0.341. The van der Waals surface area contributed by atoms with Crippen LogP contribution in [0, 0.1) is 38.2 Å². The number of amides is 8. The number of carbonyl (C=O) groups is 12. The Morgan fingerprint density at radius 3 is 0.852 bits per heavy atom. The van der Waals surface area contributed by atoms with Gasteiger partial charge < -0.3 is 60.8 Å². The molecule has 0 saturated heterocycles. The van der Waals surface area contributed by atoms with Gasteiger partial charge >= 0.3 is 0 Å². The fourth-order valence-electron chi connectivity index (χ4n) is 18.6. The third-order valence-electron chi connectivity index (χ3n) is 25.9. The first-order valence-electron chi connectivity index (χ1n) is 44.0. The van der Waals surface area contributed by atoms with Crippen molar-refractivity contribution in [1.82, 2.24) is 101 Å². The Hall–Kier alpha value is -14.6. The molecule has 4 aliphatic heterocycles. The van der Waals surface area contributed by atoms with Crippen molar-refractivity contribution >= 4 is 140 Å². The van der Waals surface area contributed by atoms with Crippen LogP contribution in [0.4, 0.5) is 71.0 Å². The molecule has 0 bridgehead atoms. The van der Waals surface area contributed by atoms with E-state index in [0.29, 0.717) is 148 Å². The molecule has 4 aliphatic carbocycles. The summed E-state index contributed by atoms with van der Waals surface area (Å²) in [6.07, 6.45) is 3.23. The van der Waals surface area contributed by atoms with Crippen LogP contribution in [0.15, 0.2) is 97.6 Å². The number of aromatic amines is 4. The number of ketones is 4. The van der Waals surface area contributed by atoms with Crippen molar-refractivity contribution in [2.45, 2.75) is 197 Å². The summed E-state index contributed by atoms with van der Waals surface area (Å²) >= 11 is 25.9. The molecule has 4 saturated carbocycles. The first kappa shape index (κ1) is 99.0. The third kappa shape index (κ3) is 19.0. The Labute approximate surface area is 813 Å². The number of halogens is 15. The summed E-state index contributed by atoms with van der Waals surface area (Å²) in [7, 11) is 0. The van der Waals surface area contributed by atoms with Gasteiger partial charge in [-0.05, 0) is 169 Å². The highest BCUT2D eigenvalue weighted by molar-refractivity contribution is 6.51. The van der Waals surface area contributed by atoms with Crippen LogP contribution in [0.25, 0.3) is 0 Å². The maximum absolute atomic E-state index is 13.9. The number of aromatic nitrogens is 16. The molecule has 142 heavy (non-hydrogen) atoms. The highest BCUT2D eigenvalue weighted by Gasteiger charge is 2.62. The molecule has 8 aliphatic rings. The molecule has 20 rings (SSSR count). The number of fused-ring (bicyclic) bond motifs is 4. The van der Waals surface area contributed by atoms with E-state index in [2.05, 4.69) is 104 Å². The van der Waals surface area contributed by atoms with Crippen LogP contribution < -0.4 is 42.5 Å². The lowest BCUT2D eigenvalue weighted by atomic mass is 9.71. The fourth-order valence-corrected chi connectivity index (χ4v) is 20.1. The number of carbonyl (C=O) groups excluding carboxylic acids is 12. The van der Waals surface area contributed by atoms with E-state index in [-0.39, 0.29) is 111 Å². The van der Waals surface area contributed by atoms with Gasteiger partial charge in [0.15, 0.2) is 0 Å². The smallest absolute Gasteiger partial charge is 0.294 e. The van der Waals surface area contributed by atoms with Gasteiger partial charge in [-0.15, -0.1) is 0 Å². The zero-order valence-corrected chi connectivity index (χ0v) is 77.5. The summed E-state index contributed by atoms with van der Waals surface area (Å²) in [6.45, 7) is 6.23. The molecule has 740 valence electrons. The normalized spacial score (nSPS) is 16.5. The van der Waals surface area contributed by atoms with Crippen molar-refractivity contribution in [2.75, 3.05) is 21.3 Å². The number of hydrogen-bond acceptors (Lipinski definition) is 20. The van der Waals surface area contributed by atoms with E-state index in [0.717, 1.165) is 24.3 Å². The first-order valence-corrected chi connectivity index (χ1v) is 45.5. The summed E-state index contributed by atoms with van der Waals surface area (Å²) in [4.78, 5) is 157. The molecule has 12 heterocycles. The summed E-state index contributed by atoms with van der Waals surface area (Å²) < 4.78 is 155. The first-order chi connectivity index (χ1) is 67.5. The Kier molecular flexibility index (Phi) is 26.8. The van der Waals surface area contributed by atoms with E-state index < -0.39 is 166 Å². The largest absolute Gasteiger partial charge is 0.340 e. The minimum Gasteiger partial charge on any atom is -0.340 e. The Morgan fingerprint density at radius 1 is 0.345 bits per heavy atom. The maximum Gasteiger partial charge on any atom is 0.294 e. The topological polar surface area (TPSA) is 487 Å². The summed E-state index contributed by atoms with van der Waals surface area (Å²) in [5, 5.41) is 59.5. The molecule has 8 amide bonds. The van der Waals surface area contributed by atoms with Crippen LogP contribution in [0.1, 0.15) is 247 Å². The molecule has 51 heteroatoms. The van der Waals surface area contributed by atoms with Crippen molar-refractivity contribution in [3.8, 4) is 0 Å². The average molecular weight is 2050 g/mol. The van der Waals surface area contributed by atoms with Crippen LogP contribution in [-0.4, -0.2) is 162 Å². The molecule has 0 radical (unpaired) electrons. The molecule has 0 spiro atoms. The standard InChI is InChI=1S/C23H18ClF5N6O3.C23H20ClF3N6O3.C23H21ClF2N6O3.C22H20ClFN6O3/c24-16-15(20(37)31-10-3-4-12(25)11(6-10)19(26)27)13-2-1-5-35(13)17(16)18(36)21(38)32-22(8-23(28,29)9-22)14-7-30-34-33-14;1-11-4-5-12(7-13(11)25)29-20(35)16-14-3-2-6-33(14)18(17(16)24)19(34)21(36)30-22(9-23(26,27)10-22)15-8-28-32-31-15;1-11-4-5-12(9-13(11)20(25)26)28-21(34)16-14-3-2-8-32(14)18(17(16)24)19(33)22(35)29-23(6-7-23)15-10-27-31-30-15;1-11-4-5-12(9-13(11)24)26-20(32)16-14-3-2-8-30(14)18(17(16)23)19(31)21(33)27-22(6-7-22)15-10-25-29-28-15/h3-4,6-7,19H,1-2,5,8-9H2,(H,31,37)(H,32,38)(H,30,33,34);4-5,7-8H,2-3,6,9-10H2,1H3,(H,29,35)(H,30,36)(H,28,31,32);4-5,9-10,20H,2-3,6-8H2,1H3,(H,28,34)(H,29,35)(H,27,30,31);4-5,9-10H,2-3,6-8H2,1H3,(H,26,32)(H,27,33)(H,25,28,29). The lowest BCUT2D eigenvalue weighted by molar-refractivity contribution is -0.149. The minimum atomic E-state index is -3.12. The number of anilines is 4. The number of hydrogen-bond donors (Lipinski definition) is 12. The number of nitrogens with one attached hydrogen (secondary N) is 12. The van der Waals surface area contributed by atoms with Crippen molar-refractivity contribution in [2.24, 2.45) is 0 Å². The molecule has 0 unspecified atom stereocenters. The van der Waals surface area contributed by atoms with Crippen LogP contribution in [0.2, 0.25) is 20.1 Å². The van der Waals surface area contributed by atoms with Crippen LogP contribution >= 0.6 is 46.4 Å². The van der Waals surface area contributed by atoms with Crippen LogP contribution in [0.5, 0.6) is 0 Å². The molecule has 12 aromatic rings. The van der Waals surface area contributed by atoms with E-state index in [1.54, 1.807) is 42.0 Å². The number of alkyl halides is 8. The van der Waals surface area contributed by atoms with Crippen molar-refractivity contribution < 1.29 is 106 Å². The molecule has 8 aromatic heterocycles. The van der Waals surface area contributed by atoms with Gasteiger partial charge in [-0.3, -0.25) is 57.5 Å². The summed E-state index contributed by atoms with van der Waals surface area (Å²) in [5.74, 6) is -18.9. The SMILES string of the molecule is Cc1ccc(NC(=O)c2c(Cl)c(C(=O)C(=O)NC3(c4cn[nH]n4)CC(F)(F)C3)n3c2CCC3)cc1F.Cc1ccc(NC(=O)c2c(Cl)c(C(=O)C(=O)NC3(c4cn[nH]n4)CC3)n3c2CCC3)cc1C(F)F.Cc1ccc(NC(=O)c2c(Cl)c(C(=O)C(=O)NC3(c4cn[nH]n4)CC3)n3c2CCC3)cc1F.O=C(NC1(c2cn[nH]n2)CC(F)(F)C1)C(=O)c1c(Cl)c(C(=O)Nc2ccc(F)c(C(F)F)c2)c2n1CCC2. The number of aryl methyl sites for hydroxylation is 3. The maximum atomic E-state index is 13.9. The van der Waals surface area contributed by atoms with E-state index >= 15 is 0 Å². The van der Waals surface area contributed by atoms with Crippen LogP contribution in [-0.2, 0) is 93.2 Å². The van der Waals surface area contributed by atoms with Gasteiger partial charge in [0, 0.05) is 103 Å². The molecule has 4 aromatic carbocycles. The Morgan fingerprint density at radius 2 is 0.599 bits per heavy atom. The highest BCUT2D eigenvalue weighted by atomic mass is 35.5. The second kappa shape index (κ2) is 38.4. The number of nitrogens with zero attached hydrogens (tertiary/aromatic N) is 12. The second-order valence-corrected chi connectivity index (χ2v) is 36.9. The van der Waals surface area contributed by atoms with Crippen molar-refractivity contribution in [1.29, 1.82) is 0 Å². The second-order valence-electron chi connectivity index (χ2n) is 35.4. The van der Waals surface area contributed by atoms with Gasteiger partial charge in [0.2, 0.25) is 0 Å². The van der Waals surface area contributed by atoms with Gasteiger partial charge in [0.1, 0.15) is 63.0 Å². The molecule has 4 fully saturated rings. The molecule has 0 atom stereocenters.